The van der Waals surface area contributed by atoms with Crippen LogP contribution in [0.15, 0.2) is 6.20 Å². The lowest BCUT2D eigenvalue weighted by atomic mass is 10.2. The first-order valence-electron chi connectivity index (χ1n) is 5.76. The average molecular weight is 289 g/mol. The fourth-order valence-electron chi connectivity index (χ4n) is 1.84. The maximum absolute atomic E-state index is 12.2. The SMILES string of the molecule is CC(C(=O)N1CCOCC1)n1cc(Cl)c([N+](=O)[O-])n1. The second-order valence-electron chi connectivity index (χ2n) is 4.15. The molecule has 0 N–H and O–H groups in total. The zero-order chi connectivity index (χ0) is 14.0. The summed E-state index contributed by atoms with van der Waals surface area (Å²) in [7, 11) is 0. The van der Waals surface area contributed by atoms with Crippen molar-refractivity contribution in [3.63, 3.8) is 0 Å². The standard InChI is InChI=1S/C10H13ClN4O4/c1-7(10(16)13-2-4-19-5-3-13)14-6-8(11)9(12-14)15(17)18/h6-7H,2-5H2,1H3. The Labute approximate surface area is 114 Å². The summed E-state index contributed by atoms with van der Waals surface area (Å²) < 4.78 is 6.38. The van der Waals surface area contributed by atoms with Crippen LogP contribution in [0.5, 0.6) is 0 Å². The normalized spacial score (nSPS) is 17.3. The Morgan fingerprint density at radius 2 is 2.21 bits per heavy atom. The van der Waals surface area contributed by atoms with Crippen LogP contribution in [0.2, 0.25) is 5.02 Å². The molecule has 1 atom stereocenters. The molecule has 19 heavy (non-hydrogen) atoms. The predicted octanol–water partition coefficient (Wildman–Crippen LogP) is 0.864. The number of hydrogen-bond acceptors (Lipinski definition) is 5. The molecule has 0 radical (unpaired) electrons. The minimum absolute atomic E-state index is 0.0772. The Morgan fingerprint density at radius 3 is 2.74 bits per heavy atom. The molecule has 0 aromatic carbocycles. The van der Waals surface area contributed by atoms with Crippen LogP contribution in [0.4, 0.5) is 5.82 Å². The van der Waals surface area contributed by atoms with E-state index in [2.05, 4.69) is 5.10 Å². The van der Waals surface area contributed by atoms with E-state index in [1.54, 1.807) is 11.8 Å². The monoisotopic (exact) mass is 288 g/mol. The topological polar surface area (TPSA) is 90.5 Å². The van der Waals surface area contributed by atoms with Crippen LogP contribution in [0.3, 0.4) is 0 Å². The number of hydrogen-bond donors (Lipinski definition) is 0. The Bertz CT molecular complexity index is 498. The summed E-state index contributed by atoms with van der Waals surface area (Å²) in [6, 6.07) is -0.635. The van der Waals surface area contributed by atoms with E-state index in [0.29, 0.717) is 26.3 Å². The van der Waals surface area contributed by atoms with Crippen molar-refractivity contribution in [1.29, 1.82) is 0 Å². The molecule has 0 bridgehead atoms. The maximum atomic E-state index is 12.2. The Balaban J connectivity index is 2.14. The molecule has 8 nitrogen and oxygen atoms in total. The lowest BCUT2D eigenvalue weighted by Gasteiger charge is -2.28. The van der Waals surface area contributed by atoms with Crippen molar-refractivity contribution < 1.29 is 14.5 Å². The number of aromatic nitrogens is 2. The highest BCUT2D eigenvalue weighted by Crippen LogP contribution is 2.24. The molecule has 1 aliphatic rings. The van der Waals surface area contributed by atoms with Gasteiger partial charge in [-0.1, -0.05) is 11.6 Å². The molecule has 0 spiro atoms. The minimum atomic E-state index is -0.676. The molecule has 2 heterocycles. The molecule has 0 aliphatic carbocycles. The van der Waals surface area contributed by atoms with Crippen molar-refractivity contribution in [2.75, 3.05) is 26.3 Å². The molecule has 1 aromatic heterocycles. The summed E-state index contributed by atoms with van der Waals surface area (Å²) >= 11 is 5.70. The van der Waals surface area contributed by atoms with Gasteiger partial charge in [0.15, 0.2) is 5.02 Å². The highest BCUT2D eigenvalue weighted by Gasteiger charge is 2.29. The third-order valence-corrected chi connectivity index (χ3v) is 3.19. The summed E-state index contributed by atoms with van der Waals surface area (Å²) in [5, 5.41) is 14.3. The van der Waals surface area contributed by atoms with Crippen molar-refractivity contribution in [2.24, 2.45) is 0 Å². The first-order chi connectivity index (χ1) is 9.00. The first kappa shape index (κ1) is 13.8. The number of carbonyl (C=O) groups excluding carboxylic acids is 1. The van der Waals surface area contributed by atoms with E-state index in [4.69, 9.17) is 16.3 Å². The van der Waals surface area contributed by atoms with Gasteiger partial charge in [-0.3, -0.25) is 4.79 Å². The summed E-state index contributed by atoms with van der Waals surface area (Å²) in [5.74, 6) is -0.597. The summed E-state index contributed by atoms with van der Waals surface area (Å²) in [5.41, 5.74) is 0. The summed E-state index contributed by atoms with van der Waals surface area (Å²) in [4.78, 5) is 23.8. The van der Waals surface area contributed by atoms with Gasteiger partial charge in [-0.05, 0) is 11.8 Å². The van der Waals surface area contributed by atoms with E-state index >= 15 is 0 Å². The van der Waals surface area contributed by atoms with Gasteiger partial charge in [-0.15, -0.1) is 0 Å². The fourth-order valence-corrected chi connectivity index (χ4v) is 2.05. The Morgan fingerprint density at radius 1 is 1.58 bits per heavy atom. The minimum Gasteiger partial charge on any atom is -0.378 e. The molecule has 104 valence electrons. The molecular weight excluding hydrogens is 276 g/mol. The molecule has 9 heteroatoms. The van der Waals surface area contributed by atoms with Gasteiger partial charge < -0.3 is 19.8 Å². The molecule has 1 unspecified atom stereocenters. The maximum Gasteiger partial charge on any atom is 0.408 e. The van der Waals surface area contributed by atoms with Gasteiger partial charge >= 0.3 is 5.82 Å². The number of nitrogens with zero attached hydrogens (tertiary/aromatic N) is 4. The number of carbonyl (C=O) groups is 1. The van der Waals surface area contributed by atoms with Crippen molar-refractivity contribution in [3.05, 3.63) is 21.3 Å². The highest BCUT2D eigenvalue weighted by molar-refractivity contribution is 6.32. The predicted molar refractivity (Wildman–Crippen MR) is 66.0 cm³/mol. The van der Waals surface area contributed by atoms with Crippen LogP contribution in [0.1, 0.15) is 13.0 Å². The number of nitro groups is 1. The average Bonchev–Trinajstić information content (AvgIpc) is 2.80. The zero-order valence-corrected chi connectivity index (χ0v) is 11.0. The van der Waals surface area contributed by atoms with Gasteiger partial charge in [0.25, 0.3) is 0 Å². The van der Waals surface area contributed by atoms with Crippen LogP contribution in [-0.2, 0) is 9.53 Å². The second kappa shape index (κ2) is 5.54. The molecule has 1 aliphatic heterocycles. The third-order valence-electron chi connectivity index (χ3n) is 2.92. The number of rotatable bonds is 3. The Hall–Kier alpha value is -1.67. The van der Waals surface area contributed by atoms with Gasteiger partial charge in [0.1, 0.15) is 6.04 Å². The van der Waals surface area contributed by atoms with Crippen LogP contribution >= 0.6 is 11.6 Å². The van der Waals surface area contributed by atoms with Crippen molar-refractivity contribution in [1.82, 2.24) is 14.7 Å². The molecule has 0 saturated carbocycles. The summed E-state index contributed by atoms with van der Waals surface area (Å²) in [6.07, 6.45) is 1.29. The van der Waals surface area contributed by atoms with Crippen LogP contribution < -0.4 is 0 Å². The number of ether oxygens (including phenoxy) is 1. The molecular formula is C10H13ClN4O4. The van der Waals surface area contributed by atoms with E-state index in [1.807, 2.05) is 0 Å². The van der Waals surface area contributed by atoms with Crippen molar-refractivity contribution in [3.8, 4) is 0 Å². The number of amides is 1. The van der Waals surface area contributed by atoms with Crippen molar-refractivity contribution >= 4 is 23.3 Å². The fraction of sp³-hybridized carbons (Fsp3) is 0.600. The summed E-state index contributed by atoms with van der Waals surface area (Å²) in [6.45, 7) is 3.66. The van der Waals surface area contributed by atoms with E-state index in [1.165, 1.54) is 10.9 Å². The molecule has 1 amide bonds. The molecule has 1 aromatic rings. The third kappa shape index (κ3) is 2.85. The van der Waals surface area contributed by atoms with Crippen LogP contribution in [0, 0.1) is 10.1 Å². The second-order valence-corrected chi connectivity index (χ2v) is 4.56. The quantitative estimate of drug-likeness (QED) is 0.608. The Kier molecular flexibility index (Phi) is 4.01. The smallest absolute Gasteiger partial charge is 0.378 e. The van der Waals surface area contributed by atoms with E-state index in [0.717, 1.165) is 0 Å². The van der Waals surface area contributed by atoms with Gasteiger partial charge in [-0.2, -0.15) is 4.68 Å². The number of morpholine rings is 1. The zero-order valence-electron chi connectivity index (χ0n) is 10.3. The van der Waals surface area contributed by atoms with Crippen molar-refractivity contribution in [2.45, 2.75) is 13.0 Å². The first-order valence-corrected chi connectivity index (χ1v) is 6.14. The van der Waals surface area contributed by atoms with E-state index in [9.17, 15) is 14.9 Å². The molecule has 1 fully saturated rings. The molecule has 1 saturated heterocycles. The lowest BCUT2D eigenvalue weighted by Crippen LogP contribution is -2.43. The molecule has 2 rings (SSSR count). The largest absolute Gasteiger partial charge is 0.408 e. The van der Waals surface area contributed by atoms with Gasteiger partial charge in [-0.25, -0.2) is 0 Å². The van der Waals surface area contributed by atoms with Crippen LogP contribution in [-0.4, -0.2) is 51.8 Å². The van der Waals surface area contributed by atoms with Gasteiger partial charge in [0, 0.05) is 13.1 Å². The lowest BCUT2D eigenvalue weighted by molar-refractivity contribution is -0.389. The number of halogens is 1. The van der Waals surface area contributed by atoms with Crippen LogP contribution in [0.25, 0.3) is 0 Å². The van der Waals surface area contributed by atoms with Gasteiger partial charge in [0.2, 0.25) is 5.91 Å². The van der Waals surface area contributed by atoms with E-state index in [-0.39, 0.29) is 10.9 Å². The highest BCUT2D eigenvalue weighted by atomic mass is 35.5. The van der Waals surface area contributed by atoms with Gasteiger partial charge in [0.05, 0.1) is 24.5 Å². The van der Waals surface area contributed by atoms with E-state index < -0.39 is 16.8 Å².